The van der Waals surface area contributed by atoms with Crippen LogP contribution < -0.4 is 14.9 Å². The van der Waals surface area contributed by atoms with E-state index in [1.165, 1.54) is 18.3 Å². The Bertz CT molecular complexity index is 1280. The van der Waals surface area contributed by atoms with Crippen molar-refractivity contribution in [3.63, 3.8) is 0 Å². The summed E-state index contributed by atoms with van der Waals surface area (Å²) in [6.07, 6.45) is 1.49. The molecule has 0 aliphatic rings. The van der Waals surface area contributed by atoms with E-state index in [-0.39, 0.29) is 11.3 Å². The highest BCUT2D eigenvalue weighted by Gasteiger charge is 2.10. The van der Waals surface area contributed by atoms with Crippen LogP contribution in [0.25, 0.3) is 10.8 Å². The van der Waals surface area contributed by atoms with Crippen molar-refractivity contribution < 1.29 is 19.4 Å². The number of carbonyl (C=O) groups excluding carboxylic acids is 1. The van der Waals surface area contributed by atoms with Crippen LogP contribution in [0, 0.1) is 0 Å². The molecule has 0 atom stereocenters. The number of fused-ring (bicyclic) bond motifs is 1. The van der Waals surface area contributed by atoms with E-state index in [9.17, 15) is 9.90 Å². The molecule has 0 aromatic heterocycles. The van der Waals surface area contributed by atoms with E-state index in [1.54, 1.807) is 31.4 Å². The van der Waals surface area contributed by atoms with E-state index >= 15 is 0 Å². The van der Waals surface area contributed by atoms with Crippen LogP contribution in [0.3, 0.4) is 0 Å². The molecular weight excluding hydrogens is 404 g/mol. The number of benzene rings is 4. The standard InChI is InChI=1S/C26H22N2O4/c1-31-25-15-18(16-27-28-26(30)22-11-4-5-12-23(22)29)13-14-24(25)32-17-20-9-6-8-19-7-2-3-10-21(19)20/h2-16,29H,17H2,1H3,(H,28,30)/b27-16+. The van der Waals surface area contributed by atoms with Crippen LogP contribution in [0.15, 0.2) is 90.0 Å². The van der Waals surface area contributed by atoms with Gasteiger partial charge in [0.15, 0.2) is 11.5 Å². The summed E-state index contributed by atoms with van der Waals surface area (Å²) in [5.41, 5.74) is 4.36. The Labute approximate surface area is 185 Å². The smallest absolute Gasteiger partial charge is 0.275 e. The maximum Gasteiger partial charge on any atom is 0.275 e. The van der Waals surface area contributed by atoms with Crippen molar-refractivity contribution >= 4 is 22.9 Å². The number of rotatable bonds is 7. The lowest BCUT2D eigenvalue weighted by atomic mass is 10.1. The lowest BCUT2D eigenvalue weighted by molar-refractivity contribution is 0.0952. The van der Waals surface area contributed by atoms with Crippen LogP contribution in [-0.2, 0) is 6.61 Å². The normalized spacial score (nSPS) is 10.9. The number of amides is 1. The van der Waals surface area contributed by atoms with Crippen molar-refractivity contribution in [3.05, 3.63) is 102 Å². The third kappa shape index (κ3) is 4.70. The second kappa shape index (κ2) is 9.66. The highest BCUT2D eigenvalue weighted by molar-refractivity contribution is 5.97. The molecule has 0 unspecified atom stereocenters. The summed E-state index contributed by atoms with van der Waals surface area (Å²) in [6, 6.07) is 26.0. The summed E-state index contributed by atoms with van der Waals surface area (Å²) in [5.74, 6) is 0.563. The number of carbonyl (C=O) groups is 1. The van der Waals surface area contributed by atoms with Crippen molar-refractivity contribution in [2.75, 3.05) is 7.11 Å². The molecule has 0 fully saturated rings. The molecule has 6 nitrogen and oxygen atoms in total. The first-order chi connectivity index (χ1) is 15.7. The second-order valence-corrected chi connectivity index (χ2v) is 7.05. The molecule has 32 heavy (non-hydrogen) atoms. The number of nitrogens with one attached hydrogen (secondary N) is 1. The van der Waals surface area contributed by atoms with Gasteiger partial charge >= 0.3 is 0 Å². The molecule has 4 aromatic carbocycles. The predicted molar refractivity (Wildman–Crippen MR) is 124 cm³/mol. The predicted octanol–water partition coefficient (Wildman–Crippen LogP) is 4.90. The van der Waals surface area contributed by atoms with E-state index in [1.807, 2.05) is 30.3 Å². The Morgan fingerprint density at radius 2 is 1.75 bits per heavy atom. The van der Waals surface area contributed by atoms with Crippen molar-refractivity contribution in [3.8, 4) is 17.2 Å². The van der Waals surface area contributed by atoms with E-state index in [0.717, 1.165) is 21.9 Å². The maximum absolute atomic E-state index is 12.1. The molecule has 0 spiro atoms. The number of hydrogen-bond acceptors (Lipinski definition) is 5. The van der Waals surface area contributed by atoms with Crippen LogP contribution in [0.4, 0.5) is 0 Å². The molecule has 2 N–H and O–H groups in total. The van der Waals surface area contributed by atoms with Gasteiger partial charge in [0.1, 0.15) is 12.4 Å². The third-order valence-electron chi connectivity index (χ3n) is 4.98. The van der Waals surface area contributed by atoms with Crippen LogP contribution in [0.2, 0.25) is 0 Å². The lowest BCUT2D eigenvalue weighted by Gasteiger charge is -2.12. The summed E-state index contributed by atoms with van der Waals surface area (Å²) in [6.45, 7) is 0.405. The van der Waals surface area contributed by atoms with Gasteiger partial charge in [-0.05, 0) is 52.2 Å². The fraction of sp³-hybridized carbons (Fsp3) is 0.0769. The van der Waals surface area contributed by atoms with Crippen molar-refractivity contribution in [1.29, 1.82) is 0 Å². The molecule has 0 saturated carbocycles. The molecule has 0 aliphatic heterocycles. The number of hydrazone groups is 1. The van der Waals surface area contributed by atoms with Gasteiger partial charge in [0.2, 0.25) is 0 Å². The number of phenols is 1. The van der Waals surface area contributed by atoms with E-state index in [0.29, 0.717) is 18.1 Å². The van der Waals surface area contributed by atoms with E-state index < -0.39 is 5.91 Å². The summed E-state index contributed by atoms with van der Waals surface area (Å²) in [7, 11) is 1.57. The summed E-state index contributed by atoms with van der Waals surface area (Å²) in [5, 5.41) is 16.0. The van der Waals surface area contributed by atoms with Gasteiger partial charge in [0.05, 0.1) is 18.9 Å². The Kier molecular flexibility index (Phi) is 6.32. The number of hydrogen-bond donors (Lipinski definition) is 2. The van der Waals surface area contributed by atoms with Crippen molar-refractivity contribution in [1.82, 2.24) is 5.43 Å². The number of methoxy groups -OCH3 is 1. The van der Waals surface area contributed by atoms with Gasteiger partial charge < -0.3 is 14.6 Å². The van der Waals surface area contributed by atoms with Gasteiger partial charge in [-0.1, -0.05) is 54.6 Å². The van der Waals surface area contributed by atoms with Gasteiger partial charge in [-0.2, -0.15) is 5.10 Å². The second-order valence-electron chi connectivity index (χ2n) is 7.05. The monoisotopic (exact) mass is 426 g/mol. The van der Waals surface area contributed by atoms with Crippen molar-refractivity contribution in [2.24, 2.45) is 5.10 Å². The SMILES string of the molecule is COc1cc(/C=N/NC(=O)c2ccccc2O)ccc1OCc1cccc2ccccc12. The number of nitrogens with zero attached hydrogens (tertiary/aromatic N) is 1. The van der Waals surface area contributed by atoms with Gasteiger partial charge in [0.25, 0.3) is 5.91 Å². The number of para-hydroxylation sites is 1. The highest BCUT2D eigenvalue weighted by atomic mass is 16.5. The maximum atomic E-state index is 12.1. The van der Waals surface area contributed by atoms with Crippen LogP contribution in [0.1, 0.15) is 21.5 Å². The summed E-state index contributed by atoms with van der Waals surface area (Å²) in [4.78, 5) is 12.1. The molecule has 0 aliphatic carbocycles. The Morgan fingerprint density at radius 3 is 2.59 bits per heavy atom. The zero-order chi connectivity index (χ0) is 22.3. The summed E-state index contributed by atoms with van der Waals surface area (Å²) >= 11 is 0. The summed E-state index contributed by atoms with van der Waals surface area (Å²) < 4.78 is 11.5. The molecule has 6 heteroatoms. The van der Waals surface area contributed by atoms with Crippen LogP contribution in [-0.4, -0.2) is 24.3 Å². The average molecular weight is 426 g/mol. The van der Waals surface area contributed by atoms with Gasteiger partial charge in [-0.15, -0.1) is 0 Å². The van der Waals surface area contributed by atoms with Crippen molar-refractivity contribution in [2.45, 2.75) is 6.61 Å². The number of ether oxygens (including phenoxy) is 2. The minimum absolute atomic E-state index is 0.102. The lowest BCUT2D eigenvalue weighted by Crippen LogP contribution is -2.17. The average Bonchev–Trinajstić information content (AvgIpc) is 2.83. The van der Waals surface area contributed by atoms with Gasteiger partial charge in [-0.3, -0.25) is 4.79 Å². The van der Waals surface area contributed by atoms with E-state index in [4.69, 9.17) is 9.47 Å². The zero-order valence-corrected chi connectivity index (χ0v) is 17.5. The first-order valence-electron chi connectivity index (χ1n) is 10.0. The molecule has 4 rings (SSSR count). The fourth-order valence-electron chi connectivity index (χ4n) is 3.35. The third-order valence-corrected chi connectivity index (χ3v) is 4.98. The molecule has 0 heterocycles. The van der Waals surface area contributed by atoms with E-state index in [2.05, 4.69) is 28.7 Å². The minimum Gasteiger partial charge on any atom is -0.507 e. The molecule has 0 bridgehead atoms. The van der Waals surface area contributed by atoms with Crippen LogP contribution >= 0.6 is 0 Å². The molecule has 160 valence electrons. The number of aromatic hydroxyl groups is 1. The topological polar surface area (TPSA) is 80.2 Å². The highest BCUT2D eigenvalue weighted by Crippen LogP contribution is 2.29. The van der Waals surface area contributed by atoms with Crippen LogP contribution in [0.5, 0.6) is 17.2 Å². The fourth-order valence-corrected chi connectivity index (χ4v) is 3.35. The Hall–Kier alpha value is -4.32. The first kappa shape index (κ1) is 20.9. The number of phenolic OH excluding ortho intramolecular Hbond substituents is 1. The Morgan fingerprint density at radius 1 is 0.969 bits per heavy atom. The van der Waals surface area contributed by atoms with Gasteiger partial charge in [0, 0.05) is 0 Å². The minimum atomic E-state index is -0.499. The largest absolute Gasteiger partial charge is 0.507 e. The quantitative estimate of drug-likeness (QED) is 0.325. The Balaban J connectivity index is 1.44. The van der Waals surface area contributed by atoms with Gasteiger partial charge in [-0.25, -0.2) is 5.43 Å². The molecule has 4 aromatic rings. The molecule has 0 radical (unpaired) electrons. The first-order valence-corrected chi connectivity index (χ1v) is 10.0. The zero-order valence-electron chi connectivity index (χ0n) is 17.5. The molecular formula is C26H22N2O4. The molecule has 0 saturated heterocycles. The molecule has 1 amide bonds.